The molecule has 2 aliphatic rings. The van der Waals surface area contributed by atoms with E-state index in [0.29, 0.717) is 0 Å². The average molecular weight is 262 g/mol. The number of hydrogen-bond acceptors (Lipinski definition) is 4. The molecule has 7 heteroatoms. The zero-order valence-corrected chi connectivity index (χ0v) is 10.4. The molecule has 0 amide bonds. The lowest BCUT2D eigenvalue weighted by Crippen LogP contribution is -2.47. The van der Waals surface area contributed by atoms with E-state index in [2.05, 4.69) is 9.62 Å². The molecule has 2 heterocycles. The third kappa shape index (κ3) is 3.17. The van der Waals surface area contributed by atoms with Gasteiger partial charge in [-0.15, -0.1) is 0 Å². The van der Waals surface area contributed by atoms with Crippen LogP contribution in [0.1, 0.15) is 25.7 Å². The van der Waals surface area contributed by atoms with Crippen molar-refractivity contribution in [1.82, 2.24) is 9.62 Å². The SMILES string of the molecule is O=C(O)CS(=O)(=O)NC1CCN2CCCCC12. The highest BCUT2D eigenvalue weighted by Crippen LogP contribution is 2.27. The van der Waals surface area contributed by atoms with Crippen LogP contribution in [-0.2, 0) is 14.8 Å². The number of nitrogens with one attached hydrogen (secondary N) is 1. The van der Waals surface area contributed by atoms with Crippen molar-refractivity contribution in [3.05, 3.63) is 0 Å². The molecule has 0 aromatic heterocycles. The summed E-state index contributed by atoms with van der Waals surface area (Å²) in [5, 5.41) is 8.53. The summed E-state index contributed by atoms with van der Waals surface area (Å²) in [6.45, 7) is 1.94. The van der Waals surface area contributed by atoms with Crippen molar-refractivity contribution in [1.29, 1.82) is 0 Å². The molecule has 0 aromatic rings. The van der Waals surface area contributed by atoms with E-state index >= 15 is 0 Å². The number of sulfonamides is 1. The van der Waals surface area contributed by atoms with Gasteiger partial charge in [-0.25, -0.2) is 13.1 Å². The number of hydrogen-bond donors (Lipinski definition) is 2. The first-order valence-corrected chi connectivity index (χ1v) is 7.59. The minimum atomic E-state index is -3.69. The third-order valence-electron chi connectivity index (χ3n) is 3.50. The van der Waals surface area contributed by atoms with E-state index < -0.39 is 21.7 Å². The predicted molar refractivity (Wildman–Crippen MR) is 62.2 cm³/mol. The number of fused-ring (bicyclic) bond motifs is 1. The summed E-state index contributed by atoms with van der Waals surface area (Å²) in [4.78, 5) is 12.7. The van der Waals surface area contributed by atoms with Gasteiger partial charge >= 0.3 is 5.97 Å². The fourth-order valence-electron chi connectivity index (χ4n) is 2.82. The Bertz CT molecular complexity index is 395. The van der Waals surface area contributed by atoms with Crippen LogP contribution >= 0.6 is 0 Å². The maximum Gasteiger partial charge on any atom is 0.320 e. The van der Waals surface area contributed by atoms with Gasteiger partial charge in [0.15, 0.2) is 5.75 Å². The highest BCUT2D eigenvalue weighted by Gasteiger charge is 2.37. The first-order valence-electron chi connectivity index (χ1n) is 5.94. The second kappa shape index (κ2) is 4.91. The molecule has 2 unspecified atom stereocenters. The summed E-state index contributed by atoms with van der Waals surface area (Å²) >= 11 is 0. The Kier molecular flexibility index (Phi) is 3.70. The third-order valence-corrected chi connectivity index (χ3v) is 4.79. The minimum Gasteiger partial charge on any atom is -0.480 e. The van der Waals surface area contributed by atoms with Crippen LogP contribution in [0.25, 0.3) is 0 Å². The fourth-order valence-corrected chi connectivity index (χ4v) is 3.96. The molecule has 2 aliphatic heterocycles. The lowest BCUT2D eigenvalue weighted by atomic mass is 10.00. The van der Waals surface area contributed by atoms with E-state index in [4.69, 9.17) is 5.11 Å². The minimum absolute atomic E-state index is 0.111. The molecule has 2 rings (SSSR count). The first kappa shape index (κ1) is 12.8. The Balaban J connectivity index is 1.97. The molecule has 2 atom stereocenters. The van der Waals surface area contributed by atoms with E-state index in [9.17, 15) is 13.2 Å². The molecule has 0 radical (unpaired) electrons. The number of carboxylic acid groups (broad SMARTS) is 1. The monoisotopic (exact) mass is 262 g/mol. The maximum absolute atomic E-state index is 11.6. The molecule has 2 saturated heterocycles. The van der Waals surface area contributed by atoms with Gasteiger partial charge in [0.2, 0.25) is 10.0 Å². The van der Waals surface area contributed by atoms with E-state index in [1.807, 2.05) is 0 Å². The van der Waals surface area contributed by atoms with Gasteiger partial charge in [-0.2, -0.15) is 0 Å². The van der Waals surface area contributed by atoms with E-state index in [0.717, 1.165) is 32.4 Å². The fraction of sp³-hybridized carbons (Fsp3) is 0.900. The Morgan fingerprint density at radius 1 is 1.29 bits per heavy atom. The van der Waals surface area contributed by atoms with Crippen molar-refractivity contribution in [2.24, 2.45) is 0 Å². The van der Waals surface area contributed by atoms with Crippen molar-refractivity contribution in [3.8, 4) is 0 Å². The number of rotatable bonds is 4. The van der Waals surface area contributed by atoms with Crippen molar-refractivity contribution in [3.63, 3.8) is 0 Å². The van der Waals surface area contributed by atoms with Gasteiger partial charge in [0.25, 0.3) is 0 Å². The molecule has 0 aliphatic carbocycles. The second-order valence-corrected chi connectivity index (χ2v) is 6.52. The van der Waals surface area contributed by atoms with Gasteiger partial charge in [-0.05, 0) is 25.8 Å². The molecule has 98 valence electrons. The summed E-state index contributed by atoms with van der Waals surface area (Å²) < 4.78 is 25.7. The normalized spacial score (nSPS) is 30.1. The number of aliphatic carboxylic acids is 1. The van der Waals surface area contributed by atoms with E-state index in [1.165, 1.54) is 6.42 Å². The largest absolute Gasteiger partial charge is 0.480 e. The average Bonchev–Trinajstić information content (AvgIpc) is 2.59. The highest BCUT2D eigenvalue weighted by atomic mass is 32.2. The van der Waals surface area contributed by atoms with Crippen LogP contribution in [0.5, 0.6) is 0 Å². The Hall–Kier alpha value is -0.660. The Morgan fingerprint density at radius 2 is 2.06 bits per heavy atom. The zero-order valence-electron chi connectivity index (χ0n) is 9.63. The summed E-state index contributed by atoms with van der Waals surface area (Å²) in [6.07, 6.45) is 4.08. The summed E-state index contributed by atoms with van der Waals surface area (Å²) in [6, 6.07) is 0.145. The number of piperidine rings is 1. The Labute approximate surface area is 101 Å². The smallest absolute Gasteiger partial charge is 0.320 e. The van der Waals surface area contributed by atoms with Gasteiger partial charge in [0, 0.05) is 18.6 Å². The summed E-state index contributed by atoms with van der Waals surface area (Å²) in [5.41, 5.74) is 0. The zero-order chi connectivity index (χ0) is 12.5. The molecule has 0 bridgehead atoms. The number of nitrogens with zero attached hydrogens (tertiary/aromatic N) is 1. The molecule has 2 N–H and O–H groups in total. The Morgan fingerprint density at radius 3 is 2.76 bits per heavy atom. The van der Waals surface area contributed by atoms with Crippen LogP contribution in [0.4, 0.5) is 0 Å². The first-order chi connectivity index (χ1) is 7.98. The summed E-state index contributed by atoms with van der Waals surface area (Å²) in [7, 11) is -3.69. The van der Waals surface area contributed by atoms with Gasteiger partial charge in [0.1, 0.15) is 0 Å². The van der Waals surface area contributed by atoms with Crippen LogP contribution in [-0.4, -0.2) is 55.3 Å². The van der Waals surface area contributed by atoms with Gasteiger partial charge in [0.05, 0.1) is 0 Å². The highest BCUT2D eigenvalue weighted by molar-refractivity contribution is 7.90. The standard InChI is InChI=1S/C10H18N2O4S/c13-10(14)7-17(15,16)11-8-4-6-12-5-2-1-3-9(8)12/h8-9,11H,1-7H2,(H,13,14). The van der Waals surface area contributed by atoms with Crippen molar-refractivity contribution < 1.29 is 18.3 Å². The van der Waals surface area contributed by atoms with Crippen molar-refractivity contribution in [2.75, 3.05) is 18.8 Å². The predicted octanol–water partition coefficient (Wildman–Crippen LogP) is -0.383. The maximum atomic E-state index is 11.6. The molecule has 6 nitrogen and oxygen atoms in total. The molecule has 17 heavy (non-hydrogen) atoms. The molecular weight excluding hydrogens is 244 g/mol. The number of carbonyl (C=O) groups is 1. The van der Waals surface area contributed by atoms with Crippen molar-refractivity contribution >= 4 is 16.0 Å². The van der Waals surface area contributed by atoms with E-state index in [-0.39, 0.29) is 12.1 Å². The molecule has 2 fully saturated rings. The van der Waals surface area contributed by atoms with Crippen LogP contribution in [0, 0.1) is 0 Å². The molecule has 0 spiro atoms. The lowest BCUT2D eigenvalue weighted by molar-refractivity contribution is -0.134. The molecule has 0 aromatic carbocycles. The van der Waals surface area contributed by atoms with E-state index in [1.54, 1.807) is 0 Å². The van der Waals surface area contributed by atoms with Gasteiger partial charge in [-0.3, -0.25) is 9.69 Å². The molecular formula is C10H18N2O4S. The van der Waals surface area contributed by atoms with Crippen LogP contribution < -0.4 is 4.72 Å². The number of carboxylic acids is 1. The van der Waals surface area contributed by atoms with Crippen LogP contribution in [0.15, 0.2) is 0 Å². The molecule has 0 saturated carbocycles. The van der Waals surface area contributed by atoms with Crippen LogP contribution in [0.2, 0.25) is 0 Å². The van der Waals surface area contributed by atoms with Gasteiger partial charge < -0.3 is 5.11 Å². The second-order valence-electron chi connectivity index (χ2n) is 4.76. The lowest BCUT2D eigenvalue weighted by Gasteiger charge is -2.32. The quantitative estimate of drug-likeness (QED) is 0.721. The van der Waals surface area contributed by atoms with Gasteiger partial charge in [-0.1, -0.05) is 6.42 Å². The topological polar surface area (TPSA) is 86.7 Å². The van der Waals surface area contributed by atoms with Crippen LogP contribution in [0.3, 0.4) is 0 Å². The summed E-state index contributed by atoms with van der Waals surface area (Å²) in [5.74, 6) is -2.15. The van der Waals surface area contributed by atoms with Crippen molar-refractivity contribution in [2.45, 2.75) is 37.8 Å².